The van der Waals surface area contributed by atoms with Crippen LogP contribution in [0.5, 0.6) is 5.75 Å². The summed E-state index contributed by atoms with van der Waals surface area (Å²) in [5, 5.41) is 13.5. The van der Waals surface area contributed by atoms with E-state index in [-0.39, 0.29) is 12.3 Å². The van der Waals surface area contributed by atoms with Crippen LogP contribution in [0.15, 0.2) is 30.9 Å². The van der Waals surface area contributed by atoms with Crippen LogP contribution < -0.4 is 10.1 Å². The van der Waals surface area contributed by atoms with Crippen LogP contribution in [0, 0.1) is 11.8 Å². The Hall–Kier alpha value is -1.81. The van der Waals surface area contributed by atoms with Gasteiger partial charge in [0.25, 0.3) is 0 Å². The molecule has 3 rings (SSSR count). The smallest absolute Gasteiger partial charge is 0.304 e. The van der Waals surface area contributed by atoms with Crippen molar-refractivity contribution in [1.82, 2.24) is 5.32 Å². The van der Waals surface area contributed by atoms with Crippen molar-refractivity contribution in [2.24, 2.45) is 11.8 Å². The molecule has 1 aromatic rings. The van der Waals surface area contributed by atoms with Gasteiger partial charge in [-0.1, -0.05) is 19.1 Å². The summed E-state index contributed by atoms with van der Waals surface area (Å²) >= 11 is 0. The van der Waals surface area contributed by atoms with Gasteiger partial charge < -0.3 is 15.2 Å². The lowest BCUT2D eigenvalue weighted by atomic mass is 9.58. The number of hydrogen-bond acceptors (Lipinski definition) is 3. The van der Waals surface area contributed by atoms with Gasteiger partial charge in [-0.3, -0.25) is 4.79 Å². The van der Waals surface area contributed by atoms with E-state index in [0.717, 1.165) is 43.0 Å². The summed E-state index contributed by atoms with van der Waals surface area (Å²) in [6.07, 6.45) is 7.23. The molecule has 4 heteroatoms. The quantitative estimate of drug-likeness (QED) is 0.657. The molecule has 2 N–H and O–H groups in total. The lowest BCUT2D eigenvalue weighted by Gasteiger charge is -2.48. The van der Waals surface area contributed by atoms with Gasteiger partial charge in [-0.15, -0.1) is 6.58 Å². The molecule has 26 heavy (non-hydrogen) atoms. The number of carboxylic acids is 1. The molecule has 3 atom stereocenters. The highest BCUT2D eigenvalue weighted by molar-refractivity contribution is 5.70. The normalized spacial score (nSPS) is 27.6. The van der Waals surface area contributed by atoms with Gasteiger partial charge >= 0.3 is 5.97 Å². The maximum absolute atomic E-state index is 11.9. The average Bonchev–Trinajstić information content (AvgIpc) is 3.45. The Bertz CT molecular complexity index is 667. The van der Waals surface area contributed by atoms with E-state index in [1.165, 1.54) is 18.4 Å². The van der Waals surface area contributed by atoms with E-state index in [9.17, 15) is 9.90 Å². The molecule has 1 fully saturated rings. The number of allylic oxidation sites excluding steroid dienone is 1. The number of rotatable bonds is 9. The van der Waals surface area contributed by atoms with Gasteiger partial charge in [0.2, 0.25) is 0 Å². The number of methoxy groups -OCH3 is 1. The second kappa shape index (κ2) is 7.83. The van der Waals surface area contributed by atoms with Crippen LogP contribution in [0.25, 0.3) is 0 Å². The fourth-order valence-electron chi connectivity index (χ4n) is 4.59. The maximum atomic E-state index is 11.9. The minimum atomic E-state index is -0.738. The molecule has 0 heterocycles. The van der Waals surface area contributed by atoms with E-state index in [2.05, 4.69) is 31.0 Å². The molecule has 0 amide bonds. The van der Waals surface area contributed by atoms with Crippen LogP contribution >= 0.6 is 0 Å². The zero-order chi connectivity index (χ0) is 18.7. The number of fused-ring (bicyclic) bond motifs is 1. The fourth-order valence-corrected chi connectivity index (χ4v) is 4.59. The highest BCUT2D eigenvalue weighted by Gasteiger charge is 2.47. The SMILES string of the molecule is C=CCC[C@]1(CC(=O)O)c2cc(OC)ccc2C[C@H](NCC2CC2)[C@H]1C. The lowest BCUT2D eigenvalue weighted by Crippen LogP contribution is -2.52. The molecule has 0 aliphatic heterocycles. The molecule has 142 valence electrons. The number of carboxylic acid groups (broad SMARTS) is 1. The van der Waals surface area contributed by atoms with Crippen molar-refractivity contribution >= 4 is 5.97 Å². The van der Waals surface area contributed by atoms with Crippen LogP contribution in [-0.2, 0) is 16.6 Å². The first-order chi connectivity index (χ1) is 12.5. The summed E-state index contributed by atoms with van der Waals surface area (Å²) in [4.78, 5) is 11.9. The van der Waals surface area contributed by atoms with Crippen LogP contribution in [0.2, 0.25) is 0 Å². The number of nitrogens with one attached hydrogen (secondary N) is 1. The van der Waals surface area contributed by atoms with E-state index in [1.807, 2.05) is 12.1 Å². The molecule has 0 radical (unpaired) electrons. The van der Waals surface area contributed by atoms with E-state index < -0.39 is 11.4 Å². The molecular formula is C22H31NO3. The van der Waals surface area contributed by atoms with Gasteiger partial charge in [0.15, 0.2) is 0 Å². The minimum Gasteiger partial charge on any atom is -0.497 e. The Kier molecular flexibility index (Phi) is 5.71. The summed E-state index contributed by atoms with van der Waals surface area (Å²) in [6.45, 7) is 7.14. The number of benzene rings is 1. The van der Waals surface area contributed by atoms with Crippen LogP contribution in [-0.4, -0.2) is 30.8 Å². The molecule has 0 bridgehead atoms. The first kappa shape index (κ1) is 19.0. The molecule has 1 saturated carbocycles. The standard InChI is InChI=1S/C22H31NO3/c1-4-5-10-22(13-21(24)25)15(2)20(23-14-16-6-7-16)11-17-8-9-18(26-3)12-19(17)22/h4,8-9,12,15-16,20,23H,1,5-7,10-11,13-14H2,2-3H3,(H,24,25)/t15-,20+,22-/m1/s1. The third kappa shape index (κ3) is 3.80. The summed E-state index contributed by atoms with van der Waals surface area (Å²) in [6, 6.07) is 6.48. The molecule has 4 nitrogen and oxygen atoms in total. The molecule has 1 aromatic carbocycles. The fraction of sp³-hybridized carbons (Fsp3) is 0.591. The van der Waals surface area contributed by atoms with E-state index in [0.29, 0.717) is 6.04 Å². The van der Waals surface area contributed by atoms with Crippen molar-refractivity contribution in [2.45, 2.75) is 56.9 Å². The van der Waals surface area contributed by atoms with Crippen molar-refractivity contribution in [1.29, 1.82) is 0 Å². The summed E-state index contributed by atoms with van der Waals surface area (Å²) in [7, 11) is 1.66. The van der Waals surface area contributed by atoms with Gasteiger partial charge in [-0.2, -0.15) is 0 Å². The molecular weight excluding hydrogens is 326 g/mol. The highest BCUT2D eigenvalue weighted by Crippen LogP contribution is 2.48. The Balaban J connectivity index is 2.02. The van der Waals surface area contributed by atoms with Crippen molar-refractivity contribution in [3.63, 3.8) is 0 Å². The lowest BCUT2D eigenvalue weighted by molar-refractivity contribution is -0.139. The largest absolute Gasteiger partial charge is 0.497 e. The number of ether oxygens (including phenoxy) is 1. The minimum absolute atomic E-state index is 0.143. The molecule has 2 aliphatic carbocycles. The van der Waals surface area contributed by atoms with Gasteiger partial charge in [-0.25, -0.2) is 0 Å². The summed E-state index contributed by atoms with van der Waals surface area (Å²) in [5.41, 5.74) is 2.00. The second-order valence-electron chi connectivity index (χ2n) is 8.03. The van der Waals surface area contributed by atoms with Crippen molar-refractivity contribution < 1.29 is 14.6 Å². The molecule has 0 saturated heterocycles. The zero-order valence-electron chi connectivity index (χ0n) is 16.0. The summed E-state index contributed by atoms with van der Waals surface area (Å²) in [5.74, 6) is 1.10. The number of aliphatic carboxylic acids is 1. The predicted molar refractivity (Wildman–Crippen MR) is 104 cm³/mol. The summed E-state index contributed by atoms with van der Waals surface area (Å²) < 4.78 is 5.45. The third-order valence-corrected chi connectivity index (χ3v) is 6.40. The van der Waals surface area contributed by atoms with Crippen LogP contribution in [0.1, 0.15) is 50.2 Å². The van der Waals surface area contributed by atoms with Crippen LogP contribution in [0.3, 0.4) is 0 Å². The monoisotopic (exact) mass is 357 g/mol. The van der Waals surface area contributed by atoms with Crippen molar-refractivity contribution in [2.75, 3.05) is 13.7 Å². The van der Waals surface area contributed by atoms with E-state index in [1.54, 1.807) is 7.11 Å². The van der Waals surface area contributed by atoms with Gasteiger partial charge in [0.1, 0.15) is 5.75 Å². The molecule has 0 unspecified atom stereocenters. The van der Waals surface area contributed by atoms with Crippen molar-refractivity contribution in [3.05, 3.63) is 42.0 Å². The Morgan fingerprint density at radius 2 is 2.23 bits per heavy atom. The molecule has 0 aromatic heterocycles. The number of hydrogen-bond donors (Lipinski definition) is 2. The van der Waals surface area contributed by atoms with E-state index >= 15 is 0 Å². The predicted octanol–water partition coefficient (Wildman–Crippen LogP) is 3.93. The first-order valence-electron chi connectivity index (χ1n) is 9.73. The Morgan fingerprint density at radius 3 is 2.85 bits per heavy atom. The maximum Gasteiger partial charge on any atom is 0.304 e. The zero-order valence-corrected chi connectivity index (χ0v) is 16.0. The van der Waals surface area contributed by atoms with Gasteiger partial charge in [-0.05, 0) is 73.7 Å². The topological polar surface area (TPSA) is 58.6 Å². The Morgan fingerprint density at radius 1 is 1.46 bits per heavy atom. The second-order valence-corrected chi connectivity index (χ2v) is 8.03. The van der Waals surface area contributed by atoms with E-state index in [4.69, 9.17) is 4.74 Å². The van der Waals surface area contributed by atoms with Gasteiger partial charge in [0, 0.05) is 11.5 Å². The van der Waals surface area contributed by atoms with Gasteiger partial charge in [0.05, 0.1) is 13.5 Å². The Labute approximate surface area is 156 Å². The third-order valence-electron chi connectivity index (χ3n) is 6.40. The first-order valence-corrected chi connectivity index (χ1v) is 9.73. The number of carbonyl (C=O) groups is 1. The van der Waals surface area contributed by atoms with Crippen molar-refractivity contribution in [3.8, 4) is 5.75 Å². The average molecular weight is 357 g/mol. The van der Waals surface area contributed by atoms with Crippen LogP contribution in [0.4, 0.5) is 0 Å². The highest BCUT2D eigenvalue weighted by atomic mass is 16.5. The molecule has 0 spiro atoms. The molecule has 2 aliphatic rings.